The number of hydrogen-bond acceptors (Lipinski definition) is 4. The molecule has 0 saturated heterocycles. The molecule has 0 amide bonds. The Hall–Kier alpha value is -1.55. The summed E-state index contributed by atoms with van der Waals surface area (Å²) in [6, 6.07) is 3.94. The molecule has 0 saturated carbocycles. The van der Waals surface area contributed by atoms with Crippen molar-refractivity contribution in [1.29, 1.82) is 0 Å². The van der Waals surface area contributed by atoms with Gasteiger partial charge in [-0.05, 0) is 30.4 Å². The van der Waals surface area contributed by atoms with Crippen LogP contribution in [-0.2, 0) is 6.42 Å². The second kappa shape index (κ2) is 4.23. The topological polar surface area (TPSA) is 42.9 Å². The molecule has 0 spiro atoms. The first kappa shape index (κ1) is 12.5. The molecule has 0 fully saturated rings. The fourth-order valence-electron chi connectivity index (χ4n) is 2.53. The van der Waals surface area contributed by atoms with Gasteiger partial charge in [0.1, 0.15) is 10.7 Å². The molecule has 2 aromatic rings. The zero-order valence-corrected chi connectivity index (χ0v) is 12.2. The van der Waals surface area contributed by atoms with Crippen LogP contribution in [0, 0.1) is 12.3 Å². The Kier molecular flexibility index (Phi) is 2.78. The van der Waals surface area contributed by atoms with E-state index in [-0.39, 0.29) is 11.2 Å². The summed E-state index contributed by atoms with van der Waals surface area (Å²) in [5.74, 6) is 0.226. The van der Waals surface area contributed by atoms with Crippen LogP contribution in [0.3, 0.4) is 0 Å². The summed E-state index contributed by atoms with van der Waals surface area (Å²) < 4.78 is 0. The number of rotatable bonds is 1. The Morgan fingerprint density at radius 3 is 2.84 bits per heavy atom. The molecule has 0 bridgehead atoms. The molecule has 4 heteroatoms. The molecule has 0 unspecified atom stereocenters. The minimum atomic E-state index is 0.0224. The maximum atomic E-state index is 12.2. The highest BCUT2D eigenvalue weighted by atomic mass is 32.1. The third-order valence-electron chi connectivity index (χ3n) is 3.45. The van der Waals surface area contributed by atoms with Gasteiger partial charge in [0.05, 0.1) is 10.6 Å². The van der Waals surface area contributed by atoms with E-state index in [1.54, 1.807) is 6.20 Å². The highest BCUT2D eigenvalue weighted by Crippen LogP contribution is 2.39. The lowest BCUT2D eigenvalue weighted by Crippen LogP contribution is -2.25. The minimum absolute atomic E-state index is 0.0224. The van der Waals surface area contributed by atoms with Crippen LogP contribution < -0.4 is 0 Å². The number of thiazole rings is 1. The number of ketones is 1. The molecule has 0 aromatic carbocycles. The summed E-state index contributed by atoms with van der Waals surface area (Å²) in [5, 5.41) is 0.870. The van der Waals surface area contributed by atoms with Crippen molar-refractivity contribution in [2.45, 2.75) is 33.6 Å². The SMILES string of the molecule is Cc1cccnc1-c1nc2c(s1)C(=O)CC(C)(C)C2. The highest BCUT2D eigenvalue weighted by molar-refractivity contribution is 7.17. The Labute approximate surface area is 116 Å². The molecule has 19 heavy (non-hydrogen) atoms. The van der Waals surface area contributed by atoms with E-state index in [0.717, 1.165) is 33.3 Å². The summed E-state index contributed by atoms with van der Waals surface area (Å²) in [4.78, 5) is 22.1. The van der Waals surface area contributed by atoms with E-state index in [2.05, 4.69) is 23.8 Å². The standard InChI is InChI=1S/C15H16N2OS/c1-9-5-4-6-16-12(9)14-17-10-7-15(2,3)8-11(18)13(10)19-14/h4-6H,7-8H2,1-3H3. The monoisotopic (exact) mass is 272 g/mol. The summed E-state index contributed by atoms with van der Waals surface area (Å²) in [6.45, 7) is 6.27. The largest absolute Gasteiger partial charge is 0.293 e. The van der Waals surface area contributed by atoms with E-state index in [9.17, 15) is 4.79 Å². The molecule has 1 aliphatic carbocycles. The van der Waals surface area contributed by atoms with Gasteiger partial charge in [-0.1, -0.05) is 19.9 Å². The molecule has 2 heterocycles. The number of Topliss-reactive ketones (excluding diaryl/α,β-unsaturated/α-hetero) is 1. The average molecular weight is 272 g/mol. The highest BCUT2D eigenvalue weighted by Gasteiger charge is 2.34. The van der Waals surface area contributed by atoms with Crippen LogP contribution in [0.5, 0.6) is 0 Å². The molecule has 3 rings (SSSR count). The van der Waals surface area contributed by atoms with Crippen LogP contribution >= 0.6 is 11.3 Å². The molecular weight excluding hydrogens is 256 g/mol. The van der Waals surface area contributed by atoms with Crippen molar-refractivity contribution >= 4 is 17.1 Å². The number of pyridine rings is 1. The zero-order valence-electron chi connectivity index (χ0n) is 11.4. The van der Waals surface area contributed by atoms with Crippen molar-refractivity contribution in [2.75, 3.05) is 0 Å². The molecule has 0 N–H and O–H groups in total. The number of aromatic nitrogens is 2. The lowest BCUT2D eigenvalue weighted by Gasteiger charge is -2.26. The van der Waals surface area contributed by atoms with Crippen molar-refractivity contribution in [3.63, 3.8) is 0 Å². The van der Waals surface area contributed by atoms with Gasteiger partial charge in [0, 0.05) is 12.6 Å². The van der Waals surface area contributed by atoms with Crippen molar-refractivity contribution in [3.05, 3.63) is 34.5 Å². The Morgan fingerprint density at radius 1 is 1.32 bits per heavy atom. The van der Waals surface area contributed by atoms with E-state index in [0.29, 0.717) is 6.42 Å². The van der Waals surface area contributed by atoms with Gasteiger partial charge in [-0.25, -0.2) is 4.98 Å². The van der Waals surface area contributed by atoms with E-state index >= 15 is 0 Å². The summed E-state index contributed by atoms with van der Waals surface area (Å²) in [7, 11) is 0. The van der Waals surface area contributed by atoms with Gasteiger partial charge in [0.25, 0.3) is 0 Å². The van der Waals surface area contributed by atoms with E-state index in [4.69, 9.17) is 0 Å². The van der Waals surface area contributed by atoms with Crippen LogP contribution in [0.2, 0.25) is 0 Å². The maximum absolute atomic E-state index is 12.2. The van der Waals surface area contributed by atoms with Gasteiger partial charge in [0.2, 0.25) is 0 Å². The van der Waals surface area contributed by atoms with Gasteiger partial charge in [0.15, 0.2) is 5.78 Å². The van der Waals surface area contributed by atoms with Crippen LogP contribution in [0.25, 0.3) is 10.7 Å². The van der Waals surface area contributed by atoms with E-state index < -0.39 is 0 Å². The van der Waals surface area contributed by atoms with Crippen LogP contribution in [-0.4, -0.2) is 15.8 Å². The van der Waals surface area contributed by atoms with E-state index in [1.807, 2.05) is 19.1 Å². The first-order valence-corrected chi connectivity index (χ1v) is 7.23. The Morgan fingerprint density at radius 2 is 2.11 bits per heavy atom. The quantitative estimate of drug-likeness (QED) is 0.795. The number of aryl methyl sites for hydroxylation is 1. The smallest absolute Gasteiger partial charge is 0.175 e. The molecule has 0 aliphatic heterocycles. The molecular formula is C15H16N2OS. The van der Waals surface area contributed by atoms with Crippen LogP contribution in [0.4, 0.5) is 0 Å². The second-order valence-electron chi connectivity index (χ2n) is 5.90. The van der Waals surface area contributed by atoms with Gasteiger partial charge in [-0.2, -0.15) is 0 Å². The van der Waals surface area contributed by atoms with Crippen molar-refractivity contribution in [1.82, 2.24) is 9.97 Å². The summed E-state index contributed by atoms with van der Waals surface area (Å²) in [5.41, 5.74) is 2.97. The number of carbonyl (C=O) groups excluding carboxylic acids is 1. The maximum Gasteiger partial charge on any atom is 0.175 e. The molecule has 1 aliphatic rings. The first-order valence-electron chi connectivity index (χ1n) is 6.41. The second-order valence-corrected chi connectivity index (χ2v) is 6.90. The number of nitrogens with zero attached hydrogens (tertiary/aromatic N) is 2. The third-order valence-corrected chi connectivity index (χ3v) is 4.59. The fraction of sp³-hybridized carbons (Fsp3) is 0.400. The van der Waals surface area contributed by atoms with Crippen molar-refractivity contribution in [3.8, 4) is 10.7 Å². The van der Waals surface area contributed by atoms with E-state index in [1.165, 1.54) is 11.3 Å². The fourth-order valence-corrected chi connectivity index (χ4v) is 3.61. The number of carbonyl (C=O) groups is 1. The Balaban J connectivity index is 2.09. The summed E-state index contributed by atoms with van der Waals surface area (Å²) in [6.07, 6.45) is 3.26. The zero-order chi connectivity index (χ0) is 13.6. The van der Waals surface area contributed by atoms with Gasteiger partial charge < -0.3 is 0 Å². The predicted molar refractivity (Wildman–Crippen MR) is 76.5 cm³/mol. The molecule has 0 atom stereocenters. The molecule has 3 nitrogen and oxygen atoms in total. The van der Waals surface area contributed by atoms with Crippen LogP contribution in [0.15, 0.2) is 18.3 Å². The van der Waals surface area contributed by atoms with Gasteiger partial charge in [-0.15, -0.1) is 11.3 Å². The number of hydrogen-bond donors (Lipinski definition) is 0. The van der Waals surface area contributed by atoms with Crippen LogP contribution in [0.1, 0.15) is 41.2 Å². The molecule has 2 aromatic heterocycles. The Bertz CT molecular complexity index is 658. The van der Waals surface area contributed by atoms with Gasteiger partial charge >= 0.3 is 0 Å². The predicted octanol–water partition coefficient (Wildman–Crippen LogP) is 3.67. The molecule has 0 radical (unpaired) electrons. The van der Waals surface area contributed by atoms with Crippen molar-refractivity contribution < 1.29 is 4.79 Å². The minimum Gasteiger partial charge on any atom is -0.293 e. The normalized spacial score (nSPS) is 17.3. The summed E-state index contributed by atoms with van der Waals surface area (Å²) >= 11 is 1.49. The molecule has 98 valence electrons. The van der Waals surface area contributed by atoms with Gasteiger partial charge in [-0.3, -0.25) is 9.78 Å². The third kappa shape index (κ3) is 2.21. The number of fused-ring (bicyclic) bond motifs is 1. The lowest BCUT2D eigenvalue weighted by atomic mass is 9.78. The lowest BCUT2D eigenvalue weighted by molar-refractivity contribution is 0.0916. The average Bonchev–Trinajstić information content (AvgIpc) is 2.71. The first-order chi connectivity index (χ1) is 8.96. The van der Waals surface area contributed by atoms with Crippen molar-refractivity contribution in [2.24, 2.45) is 5.41 Å².